The highest BCUT2D eigenvalue weighted by molar-refractivity contribution is 6.03. The molecule has 5 rings (SSSR count). The lowest BCUT2D eigenvalue weighted by molar-refractivity contribution is 0.0105. The predicted octanol–water partition coefficient (Wildman–Crippen LogP) is 3.09. The highest BCUT2D eigenvalue weighted by atomic mass is 16.6. The SMILES string of the molecule is CC(C)(C)OC(=O)N1CC(Nc2cc(NC3CCC(N)CC3)nn3c(C(=O)Nc4ccncc4)cnc23)C1. The molecule has 1 saturated carbocycles. The van der Waals surface area contributed by atoms with Gasteiger partial charge in [0.2, 0.25) is 0 Å². The largest absolute Gasteiger partial charge is 0.444 e. The zero-order valence-electron chi connectivity index (χ0n) is 22.0. The molecule has 0 radical (unpaired) electrons. The first kappa shape index (κ1) is 25.7. The number of nitrogens with two attached hydrogens (primary N) is 1. The van der Waals surface area contributed by atoms with Gasteiger partial charge in [0.1, 0.15) is 11.4 Å². The van der Waals surface area contributed by atoms with Crippen LogP contribution in [-0.2, 0) is 4.74 Å². The Morgan fingerprint density at radius 3 is 2.45 bits per heavy atom. The third-order valence-corrected chi connectivity index (χ3v) is 6.66. The standard InChI is InChI=1S/C26H35N9O3/c1-26(2,3)38-25(37)34-14-19(15-34)30-20-12-22(31-17-6-4-16(27)5-7-17)33-35-21(13-29-23(20)35)24(36)32-18-8-10-28-11-9-18/h8-13,16-17,19,30H,4-7,14-15,27H2,1-3H3,(H,31,33)(H,28,32,36). The van der Waals surface area contributed by atoms with Crippen molar-refractivity contribution in [2.24, 2.45) is 5.73 Å². The molecule has 0 unspecified atom stereocenters. The Morgan fingerprint density at radius 1 is 1.05 bits per heavy atom. The Bertz CT molecular complexity index is 1290. The number of carbonyl (C=O) groups excluding carboxylic acids is 2. The van der Waals surface area contributed by atoms with Crippen LogP contribution < -0.4 is 21.7 Å². The summed E-state index contributed by atoms with van der Waals surface area (Å²) in [6, 6.07) is 5.85. The number of aromatic nitrogens is 4. The number of rotatable bonds is 6. The fraction of sp³-hybridized carbons (Fsp3) is 0.500. The van der Waals surface area contributed by atoms with Gasteiger partial charge in [0.05, 0.1) is 17.9 Å². The first-order valence-electron chi connectivity index (χ1n) is 13.0. The molecular weight excluding hydrogens is 486 g/mol. The summed E-state index contributed by atoms with van der Waals surface area (Å²) in [4.78, 5) is 35.6. The summed E-state index contributed by atoms with van der Waals surface area (Å²) in [7, 11) is 0. The summed E-state index contributed by atoms with van der Waals surface area (Å²) in [5.41, 5.74) is 7.73. The Balaban J connectivity index is 1.37. The summed E-state index contributed by atoms with van der Waals surface area (Å²) in [6.45, 7) is 6.56. The first-order valence-corrected chi connectivity index (χ1v) is 13.0. The average molecular weight is 522 g/mol. The molecular formula is C26H35N9O3. The van der Waals surface area contributed by atoms with Gasteiger partial charge in [-0.2, -0.15) is 0 Å². The Kier molecular flexibility index (Phi) is 7.06. The lowest BCUT2D eigenvalue weighted by Gasteiger charge is -2.40. The smallest absolute Gasteiger partial charge is 0.410 e. The number of hydrogen-bond donors (Lipinski definition) is 4. The van der Waals surface area contributed by atoms with Crippen molar-refractivity contribution in [1.29, 1.82) is 0 Å². The fourth-order valence-corrected chi connectivity index (χ4v) is 4.67. The topological polar surface area (TPSA) is 152 Å². The van der Waals surface area contributed by atoms with Gasteiger partial charge < -0.3 is 31.3 Å². The van der Waals surface area contributed by atoms with E-state index in [0.29, 0.717) is 35.9 Å². The molecule has 2 aliphatic rings. The molecule has 12 heteroatoms. The minimum Gasteiger partial charge on any atom is -0.444 e. The van der Waals surface area contributed by atoms with Crippen LogP contribution >= 0.6 is 0 Å². The minimum atomic E-state index is -0.542. The van der Waals surface area contributed by atoms with Gasteiger partial charge in [-0.05, 0) is 58.6 Å². The van der Waals surface area contributed by atoms with Crippen molar-refractivity contribution in [3.63, 3.8) is 0 Å². The fourth-order valence-electron chi connectivity index (χ4n) is 4.67. The summed E-state index contributed by atoms with van der Waals surface area (Å²) < 4.78 is 7.02. The number of imidazole rings is 1. The second-order valence-electron chi connectivity index (χ2n) is 11.0. The second-order valence-corrected chi connectivity index (χ2v) is 11.0. The van der Waals surface area contributed by atoms with E-state index in [1.807, 2.05) is 26.8 Å². The Morgan fingerprint density at radius 2 is 1.76 bits per heavy atom. The number of nitrogens with one attached hydrogen (secondary N) is 3. The molecule has 3 aromatic heterocycles. The zero-order chi connectivity index (χ0) is 26.9. The van der Waals surface area contributed by atoms with Crippen LogP contribution in [0.3, 0.4) is 0 Å². The minimum absolute atomic E-state index is 0.0139. The molecule has 0 bridgehead atoms. The average Bonchev–Trinajstić information content (AvgIpc) is 3.26. The van der Waals surface area contributed by atoms with Crippen molar-refractivity contribution >= 4 is 34.8 Å². The molecule has 1 aliphatic carbocycles. The van der Waals surface area contributed by atoms with Gasteiger partial charge in [-0.1, -0.05) is 0 Å². The maximum atomic E-state index is 13.1. The molecule has 5 N–H and O–H groups in total. The number of fused-ring (bicyclic) bond motifs is 1. The Hall–Kier alpha value is -3.93. The van der Waals surface area contributed by atoms with E-state index in [4.69, 9.17) is 15.6 Å². The van der Waals surface area contributed by atoms with Crippen molar-refractivity contribution in [2.45, 2.75) is 70.2 Å². The van der Waals surface area contributed by atoms with Crippen LogP contribution in [0.5, 0.6) is 0 Å². The Labute approximate surface area is 221 Å². The van der Waals surface area contributed by atoms with E-state index in [-0.39, 0.29) is 30.1 Å². The molecule has 0 aromatic carbocycles. The van der Waals surface area contributed by atoms with E-state index in [1.54, 1.807) is 33.9 Å². The monoisotopic (exact) mass is 521 g/mol. The van der Waals surface area contributed by atoms with E-state index >= 15 is 0 Å². The predicted molar refractivity (Wildman–Crippen MR) is 144 cm³/mol. The van der Waals surface area contributed by atoms with Crippen LogP contribution in [0.25, 0.3) is 5.65 Å². The van der Waals surface area contributed by atoms with Crippen LogP contribution in [0.4, 0.5) is 22.0 Å². The second kappa shape index (κ2) is 10.4. The number of amides is 2. The van der Waals surface area contributed by atoms with Crippen LogP contribution in [-0.4, -0.2) is 73.3 Å². The number of carbonyl (C=O) groups is 2. The van der Waals surface area contributed by atoms with Crippen molar-refractivity contribution < 1.29 is 14.3 Å². The number of pyridine rings is 1. The molecule has 0 atom stereocenters. The summed E-state index contributed by atoms with van der Waals surface area (Å²) in [6.07, 6.45) is 8.23. The van der Waals surface area contributed by atoms with Gasteiger partial charge in [-0.25, -0.2) is 14.3 Å². The first-order chi connectivity index (χ1) is 18.1. The molecule has 2 amide bonds. The molecule has 4 heterocycles. The maximum Gasteiger partial charge on any atom is 0.410 e. The van der Waals surface area contributed by atoms with Crippen molar-refractivity contribution in [1.82, 2.24) is 24.5 Å². The van der Waals surface area contributed by atoms with Gasteiger partial charge in [0.25, 0.3) is 5.91 Å². The number of nitrogens with zero attached hydrogens (tertiary/aromatic N) is 5. The van der Waals surface area contributed by atoms with Gasteiger partial charge in [0, 0.05) is 49.3 Å². The van der Waals surface area contributed by atoms with Crippen LogP contribution in [0.15, 0.2) is 36.8 Å². The van der Waals surface area contributed by atoms with Crippen LogP contribution in [0, 0.1) is 0 Å². The maximum absolute atomic E-state index is 13.1. The van der Waals surface area contributed by atoms with E-state index < -0.39 is 5.60 Å². The van der Waals surface area contributed by atoms with Crippen molar-refractivity contribution in [3.05, 3.63) is 42.5 Å². The molecule has 38 heavy (non-hydrogen) atoms. The van der Waals surface area contributed by atoms with E-state index in [1.165, 1.54) is 6.20 Å². The summed E-state index contributed by atoms with van der Waals surface area (Å²) in [5.74, 6) is 0.308. The number of hydrogen-bond acceptors (Lipinski definition) is 9. The number of ether oxygens (including phenoxy) is 1. The molecule has 12 nitrogen and oxygen atoms in total. The molecule has 1 aliphatic heterocycles. The molecule has 0 spiro atoms. The van der Waals surface area contributed by atoms with Crippen molar-refractivity contribution in [2.75, 3.05) is 29.0 Å². The highest BCUT2D eigenvalue weighted by Gasteiger charge is 2.34. The van der Waals surface area contributed by atoms with Crippen LogP contribution in [0.1, 0.15) is 56.9 Å². The molecule has 3 aromatic rings. The molecule has 2 fully saturated rings. The number of anilines is 3. The van der Waals surface area contributed by atoms with E-state index in [0.717, 1.165) is 31.4 Å². The zero-order valence-corrected chi connectivity index (χ0v) is 22.0. The molecule has 1 saturated heterocycles. The van der Waals surface area contributed by atoms with Gasteiger partial charge in [0.15, 0.2) is 11.3 Å². The highest BCUT2D eigenvalue weighted by Crippen LogP contribution is 2.27. The third kappa shape index (κ3) is 5.96. The summed E-state index contributed by atoms with van der Waals surface area (Å²) >= 11 is 0. The van der Waals surface area contributed by atoms with E-state index in [9.17, 15) is 9.59 Å². The van der Waals surface area contributed by atoms with Gasteiger partial charge in [-0.3, -0.25) is 9.78 Å². The number of likely N-dealkylation sites (tertiary alicyclic amines) is 1. The normalized spacial score (nSPS) is 20.1. The van der Waals surface area contributed by atoms with Crippen molar-refractivity contribution in [3.8, 4) is 0 Å². The van der Waals surface area contributed by atoms with E-state index in [2.05, 4.69) is 25.9 Å². The molecule has 202 valence electrons. The van der Waals surface area contributed by atoms with Crippen LogP contribution in [0.2, 0.25) is 0 Å². The summed E-state index contributed by atoms with van der Waals surface area (Å²) in [5, 5.41) is 14.6. The quantitative estimate of drug-likeness (QED) is 0.383. The lowest BCUT2D eigenvalue weighted by atomic mass is 9.92. The third-order valence-electron chi connectivity index (χ3n) is 6.66. The lowest BCUT2D eigenvalue weighted by Crippen LogP contribution is -2.58. The van der Waals surface area contributed by atoms with Gasteiger partial charge >= 0.3 is 6.09 Å². The van der Waals surface area contributed by atoms with Gasteiger partial charge in [-0.15, -0.1) is 5.10 Å².